The number of ether oxygens (including phenoxy) is 1. The van der Waals surface area contributed by atoms with Crippen molar-refractivity contribution in [3.63, 3.8) is 0 Å². The van der Waals surface area contributed by atoms with Gasteiger partial charge in [-0.1, -0.05) is 42.5 Å². The Morgan fingerprint density at radius 1 is 1.03 bits per heavy atom. The van der Waals surface area contributed by atoms with Crippen LogP contribution < -0.4 is 10.1 Å². The van der Waals surface area contributed by atoms with Crippen LogP contribution in [0.15, 0.2) is 72.9 Å². The van der Waals surface area contributed by atoms with Gasteiger partial charge in [-0.3, -0.25) is 9.59 Å². The highest BCUT2D eigenvalue weighted by Crippen LogP contribution is 2.21. The second-order valence-electron chi connectivity index (χ2n) is 8.01. The monoisotopic (exact) mass is 417 g/mol. The van der Waals surface area contributed by atoms with Gasteiger partial charge in [-0.2, -0.15) is 0 Å². The van der Waals surface area contributed by atoms with Crippen LogP contribution in [-0.2, 0) is 24.4 Å². The normalized spacial score (nSPS) is 15.6. The third-order valence-corrected chi connectivity index (χ3v) is 5.32. The Morgan fingerprint density at radius 3 is 2.48 bits per heavy atom. The summed E-state index contributed by atoms with van der Waals surface area (Å²) in [6.45, 7) is 5.19. The van der Waals surface area contributed by atoms with E-state index in [1.54, 1.807) is 11.0 Å². The molecule has 1 aliphatic rings. The highest BCUT2D eigenvalue weighted by atomic mass is 16.5. The molecule has 2 heterocycles. The van der Waals surface area contributed by atoms with Gasteiger partial charge in [0.05, 0.1) is 12.6 Å². The highest BCUT2D eigenvalue weighted by molar-refractivity contribution is 5.97. The molecule has 31 heavy (non-hydrogen) atoms. The summed E-state index contributed by atoms with van der Waals surface area (Å²) in [4.78, 5) is 27.9. The number of fused-ring (bicyclic) bond motifs is 1. The fourth-order valence-corrected chi connectivity index (χ4v) is 3.79. The molecule has 1 unspecified atom stereocenters. The van der Waals surface area contributed by atoms with Crippen molar-refractivity contribution in [1.29, 1.82) is 0 Å². The highest BCUT2D eigenvalue weighted by Gasteiger charge is 2.36. The first kappa shape index (κ1) is 20.7. The molecular weight excluding hydrogens is 390 g/mol. The van der Waals surface area contributed by atoms with Gasteiger partial charge in [-0.25, -0.2) is 0 Å². The van der Waals surface area contributed by atoms with E-state index in [4.69, 9.17) is 4.74 Å². The summed E-state index contributed by atoms with van der Waals surface area (Å²) >= 11 is 0. The second kappa shape index (κ2) is 9.08. The maximum atomic E-state index is 13.1. The van der Waals surface area contributed by atoms with Crippen LogP contribution >= 0.6 is 0 Å². The maximum Gasteiger partial charge on any atom is 0.271 e. The molecule has 160 valence electrons. The van der Waals surface area contributed by atoms with E-state index in [9.17, 15) is 9.59 Å². The first-order valence-corrected chi connectivity index (χ1v) is 10.5. The van der Waals surface area contributed by atoms with Crippen LogP contribution in [0.4, 0.5) is 0 Å². The Kier molecular flexibility index (Phi) is 6.07. The van der Waals surface area contributed by atoms with E-state index in [1.807, 2.05) is 85.3 Å². The van der Waals surface area contributed by atoms with Crippen molar-refractivity contribution in [2.24, 2.45) is 0 Å². The average Bonchev–Trinajstić information content (AvgIpc) is 3.24. The van der Waals surface area contributed by atoms with Crippen molar-refractivity contribution in [2.45, 2.75) is 45.6 Å². The Morgan fingerprint density at radius 2 is 1.77 bits per heavy atom. The van der Waals surface area contributed by atoms with E-state index < -0.39 is 6.04 Å². The van der Waals surface area contributed by atoms with Gasteiger partial charge in [-0.15, -0.1) is 0 Å². The fourth-order valence-electron chi connectivity index (χ4n) is 3.79. The predicted octanol–water partition coefficient (Wildman–Crippen LogP) is 3.62. The molecule has 6 heteroatoms. The molecule has 3 aromatic rings. The van der Waals surface area contributed by atoms with Crippen LogP contribution in [0.1, 0.15) is 35.5 Å². The lowest BCUT2D eigenvalue weighted by Crippen LogP contribution is -2.54. The topological polar surface area (TPSA) is 63.6 Å². The van der Waals surface area contributed by atoms with Crippen LogP contribution in [0.25, 0.3) is 0 Å². The molecule has 1 aliphatic heterocycles. The van der Waals surface area contributed by atoms with Crippen molar-refractivity contribution in [3.05, 3.63) is 89.7 Å². The van der Waals surface area contributed by atoms with E-state index in [-0.39, 0.29) is 17.9 Å². The van der Waals surface area contributed by atoms with Gasteiger partial charge in [0.25, 0.3) is 5.91 Å². The number of carbonyl (C=O) groups excluding carboxylic acids is 2. The summed E-state index contributed by atoms with van der Waals surface area (Å²) in [5.41, 5.74) is 2.58. The number of nitrogens with one attached hydrogen (secondary N) is 1. The molecule has 0 saturated heterocycles. The van der Waals surface area contributed by atoms with Crippen LogP contribution in [0.2, 0.25) is 0 Å². The molecule has 0 fully saturated rings. The molecule has 2 amide bonds. The molecule has 0 saturated carbocycles. The fraction of sp³-hybridized carbons (Fsp3) is 0.280. The quantitative estimate of drug-likeness (QED) is 0.639. The van der Waals surface area contributed by atoms with Gasteiger partial charge in [0.1, 0.15) is 17.5 Å². The number of amides is 2. The smallest absolute Gasteiger partial charge is 0.271 e. The first-order valence-electron chi connectivity index (χ1n) is 10.5. The van der Waals surface area contributed by atoms with Crippen LogP contribution in [0.5, 0.6) is 5.75 Å². The van der Waals surface area contributed by atoms with Crippen molar-refractivity contribution < 1.29 is 14.3 Å². The molecule has 0 radical (unpaired) electrons. The number of carbonyl (C=O) groups is 2. The van der Waals surface area contributed by atoms with E-state index in [2.05, 4.69) is 5.32 Å². The average molecular weight is 418 g/mol. The number of rotatable bonds is 7. The Labute approximate surface area is 182 Å². The van der Waals surface area contributed by atoms with E-state index in [0.29, 0.717) is 25.3 Å². The van der Waals surface area contributed by atoms with Crippen molar-refractivity contribution in [3.8, 4) is 5.75 Å². The summed E-state index contributed by atoms with van der Waals surface area (Å²) in [7, 11) is 0. The predicted molar refractivity (Wildman–Crippen MR) is 119 cm³/mol. The van der Waals surface area contributed by atoms with Gasteiger partial charge in [0, 0.05) is 19.3 Å². The zero-order valence-corrected chi connectivity index (χ0v) is 17.8. The molecule has 1 N–H and O–H groups in total. The van der Waals surface area contributed by atoms with E-state index in [1.165, 1.54) is 0 Å². The Bertz CT molecular complexity index is 1040. The first-order chi connectivity index (χ1) is 15.0. The van der Waals surface area contributed by atoms with Gasteiger partial charge in [-0.05, 0) is 49.2 Å². The standard InChI is InChI=1S/C25H27N3O3/c1-18(2)31-21-12-10-19(11-13-21)15-26-24(29)23-17-27-14-6-9-22(27)25(30)28(23)16-20-7-4-3-5-8-20/h3-14,18,23H,15-17H2,1-2H3,(H,26,29). The minimum absolute atomic E-state index is 0.114. The lowest BCUT2D eigenvalue weighted by atomic mass is 10.1. The molecule has 0 bridgehead atoms. The molecule has 2 aromatic carbocycles. The zero-order chi connectivity index (χ0) is 21.8. The Hall–Kier alpha value is -3.54. The van der Waals surface area contributed by atoms with Crippen molar-refractivity contribution >= 4 is 11.8 Å². The van der Waals surface area contributed by atoms with Crippen LogP contribution in [-0.4, -0.2) is 33.4 Å². The molecule has 4 rings (SSSR count). The molecule has 0 spiro atoms. The van der Waals surface area contributed by atoms with Gasteiger partial charge >= 0.3 is 0 Å². The molecule has 1 atom stereocenters. The number of hydrogen-bond acceptors (Lipinski definition) is 3. The third kappa shape index (κ3) is 4.79. The summed E-state index contributed by atoms with van der Waals surface area (Å²) in [6.07, 6.45) is 1.96. The van der Waals surface area contributed by atoms with Gasteiger partial charge in [0.2, 0.25) is 5.91 Å². The zero-order valence-electron chi connectivity index (χ0n) is 17.8. The SMILES string of the molecule is CC(C)Oc1ccc(CNC(=O)C2Cn3cccc3C(=O)N2Cc2ccccc2)cc1. The molecular formula is C25H27N3O3. The largest absolute Gasteiger partial charge is 0.491 e. The lowest BCUT2D eigenvalue weighted by molar-refractivity contribution is -0.126. The molecule has 0 aliphatic carbocycles. The minimum atomic E-state index is -0.573. The maximum absolute atomic E-state index is 13.1. The minimum Gasteiger partial charge on any atom is -0.491 e. The van der Waals surface area contributed by atoms with Crippen LogP contribution in [0, 0.1) is 0 Å². The van der Waals surface area contributed by atoms with Crippen LogP contribution in [0.3, 0.4) is 0 Å². The molecule has 6 nitrogen and oxygen atoms in total. The number of benzene rings is 2. The summed E-state index contributed by atoms with van der Waals surface area (Å²) in [5, 5.41) is 3.00. The summed E-state index contributed by atoms with van der Waals surface area (Å²) < 4.78 is 7.52. The number of hydrogen-bond donors (Lipinski definition) is 1. The molecule has 1 aromatic heterocycles. The number of aromatic nitrogens is 1. The summed E-state index contributed by atoms with van der Waals surface area (Å²) in [6, 6.07) is 20.5. The van der Waals surface area contributed by atoms with E-state index in [0.717, 1.165) is 16.9 Å². The van der Waals surface area contributed by atoms with Crippen molar-refractivity contribution in [2.75, 3.05) is 0 Å². The lowest BCUT2D eigenvalue weighted by Gasteiger charge is -2.35. The van der Waals surface area contributed by atoms with Gasteiger partial charge in [0.15, 0.2) is 0 Å². The summed E-state index contributed by atoms with van der Waals surface area (Å²) in [5.74, 6) is 0.513. The Balaban J connectivity index is 1.47. The van der Waals surface area contributed by atoms with E-state index >= 15 is 0 Å². The number of nitrogens with zero attached hydrogens (tertiary/aromatic N) is 2. The third-order valence-electron chi connectivity index (χ3n) is 5.32. The van der Waals surface area contributed by atoms with Gasteiger partial charge < -0.3 is 19.5 Å². The second-order valence-corrected chi connectivity index (χ2v) is 8.01. The van der Waals surface area contributed by atoms with Crippen molar-refractivity contribution in [1.82, 2.24) is 14.8 Å².